The topological polar surface area (TPSA) is 0 Å². The Bertz CT molecular complexity index is 608. The van der Waals surface area contributed by atoms with Gasteiger partial charge in [-0.05, 0) is 0 Å². The maximum absolute atomic E-state index is 2.28. The Morgan fingerprint density at radius 1 is 0.875 bits per heavy atom. The summed E-state index contributed by atoms with van der Waals surface area (Å²) < 4.78 is 4.64. The quantitative estimate of drug-likeness (QED) is 0.250. The Kier molecular flexibility index (Phi) is 9.75. The molecule has 0 radical (unpaired) electrons. The van der Waals surface area contributed by atoms with Gasteiger partial charge in [-0.3, -0.25) is 0 Å². The molecule has 128 valence electrons. The summed E-state index contributed by atoms with van der Waals surface area (Å²) in [5.41, 5.74) is 0. The van der Waals surface area contributed by atoms with Gasteiger partial charge in [0.05, 0.1) is 0 Å². The van der Waals surface area contributed by atoms with Gasteiger partial charge in [0, 0.05) is 0 Å². The minimum absolute atomic E-state index is 0.424. The van der Waals surface area contributed by atoms with Crippen LogP contribution in [0.2, 0.25) is 0 Å². The van der Waals surface area contributed by atoms with Gasteiger partial charge in [-0.2, -0.15) is 0 Å². The molecule has 0 atom stereocenters. The zero-order valence-electron chi connectivity index (χ0n) is 14.5. The van der Waals surface area contributed by atoms with E-state index < -0.39 is 0 Å². The van der Waals surface area contributed by atoms with Gasteiger partial charge < -0.3 is 0 Å². The molecule has 0 fully saturated rings. The first-order chi connectivity index (χ1) is 11.8. The molecule has 0 aliphatic heterocycles. The van der Waals surface area contributed by atoms with Crippen molar-refractivity contribution in [3.63, 3.8) is 0 Å². The monoisotopic (exact) mass is 422 g/mol. The predicted octanol–water partition coefficient (Wildman–Crippen LogP) is 6.31. The average Bonchev–Trinajstić information content (AvgIpc) is 2.64. The van der Waals surface area contributed by atoms with Crippen molar-refractivity contribution < 1.29 is 0 Å². The molecular formula is C21H26S2Se. The normalized spacial score (nSPS) is 12.1. The molecule has 0 N–H and O–H groups in total. The van der Waals surface area contributed by atoms with Gasteiger partial charge in [0.2, 0.25) is 0 Å². The number of unbranched alkanes of at least 4 members (excludes halogenated alkanes) is 3. The van der Waals surface area contributed by atoms with Gasteiger partial charge in [0.15, 0.2) is 0 Å². The summed E-state index contributed by atoms with van der Waals surface area (Å²) in [5, 5.41) is 0. The summed E-state index contributed by atoms with van der Waals surface area (Å²) in [6.45, 7) is 2.28. The average molecular weight is 422 g/mol. The molecule has 0 aliphatic carbocycles. The van der Waals surface area contributed by atoms with E-state index in [-0.39, 0.29) is 0 Å². The van der Waals surface area contributed by atoms with E-state index in [0.717, 1.165) is 0 Å². The van der Waals surface area contributed by atoms with Crippen LogP contribution in [0.4, 0.5) is 0 Å². The summed E-state index contributed by atoms with van der Waals surface area (Å²) in [6, 6.07) is 21.8. The first kappa shape index (κ1) is 19.7. The van der Waals surface area contributed by atoms with Crippen molar-refractivity contribution in [2.75, 3.05) is 6.26 Å². The third-order valence-electron chi connectivity index (χ3n) is 3.61. The van der Waals surface area contributed by atoms with Crippen LogP contribution < -0.4 is 4.46 Å². The van der Waals surface area contributed by atoms with E-state index in [2.05, 4.69) is 73.8 Å². The van der Waals surface area contributed by atoms with Crippen LogP contribution in [0.15, 0.2) is 74.3 Å². The van der Waals surface area contributed by atoms with E-state index >= 15 is 0 Å². The molecule has 0 saturated heterocycles. The van der Waals surface area contributed by atoms with Crippen LogP contribution in [0.5, 0.6) is 0 Å². The second kappa shape index (κ2) is 11.9. The van der Waals surface area contributed by atoms with Crippen molar-refractivity contribution in [3.8, 4) is 0 Å². The Labute approximate surface area is 162 Å². The van der Waals surface area contributed by atoms with E-state index in [4.69, 9.17) is 0 Å². The fourth-order valence-corrected chi connectivity index (χ4v) is 7.14. The van der Waals surface area contributed by atoms with Crippen LogP contribution in [-0.4, -0.2) is 21.2 Å². The Balaban J connectivity index is 2.16. The number of hydrogen-bond acceptors (Lipinski definition) is 2. The van der Waals surface area contributed by atoms with Crippen LogP contribution >= 0.6 is 23.5 Å². The van der Waals surface area contributed by atoms with Gasteiger partial charge in [0.1, 0.15) is 0 Å². The molecule has 0 saturated carbocycles. The summed E-state index contributed by atoms with van der Waals surface area (Å²) in [6.07, 6.45) is 8.78. The Morgan fingerprint density at radius 3 is 2.17 bits per heavy atom. The first-order valence-corrected chi connectivity index (χ1v) is 12.3. The molecule has 0 nitrogen and oxygen atoms in total. The molecule has 0 bridgehead atoms. The number of benzene rings is 2. The van der Waals surface area contributed by atoms with E-state index in [1.807, 2.05) is 23.5 Å². The van der Waals surface area contributed by atoms with Crippen molar-refractivity contribution >= 4 is 42.9 Å². The summed E-state index contributed by atoms with van der Waals surface area (Å²) in [5.74, 6) is 0. The van der Waals surface area contributed by atoms with Crippen molar-refractivity contribution in [2.45, 2.75) is 43.9 Å². The van der Waals surface area contributed by atoms with Crippen LogP contribution in [0.1, 0.15) is 39.0 Å². The van der Waals surface area contributed by atoms with Gasteiger partial charge in [-0.15, -0.1) is 0 Å². The van der Waals surface area contributed by atoms with Gasteiger partial charge in [0.25, 0.3) is 0 Å². The third kappa shape index (κ3) is 7.11. The molecule has 3 heteroatoms. The number of allylic oxidation sites excluding steroid dienone is 1. The summed E-state index contributed by atoms with van der Waals surface area (Å²) in [4.78, 5) is 1.34. The molecule has 2 aromatic rings. The van der Waals surface area contributed by atoms with Gasteiger partial charge in [-0.25, -0.2) is 0 Å². The molecule has 0 aliphatic rings. The standard InChI is InChI=1S/C21H26S2Se/c1-3-4-5-12-17-20(24-19-15-10-7-11-16-19)21(22-2)23-18-13-8-6-9-14-18/h6-11,13-16H,3-5,12,17H2,1-2H3/b21-20+. The molecule has 0 heterocycles. The summed E-state index contributed by atoms with van der Waals surface area (Å²) in [7, 11) is 0. The van der Waals surface area contributed by atoms with E-state index in [1.54, 1.807) is 4.47 Å². The SMILES string of the molecule is CCCCCC/C([Se]c1ccccc1)=C(/SC)Sc1ccccc1. The van der Waals surface area contributed by atoms with E-state index in [9.17, 15) is 0 Å². The second-order valence-corrected chi connectivity index (χ2v) is 10.2. The molecule has 24 heavy (non-hydrogen) atoms. The first-order valence-electron chi connectivity index (χ1n) is 8.56. The molecule has 0 spiro atoms. The second-order valence-electron chi connectivity index (χ2n) is 5.56. The summed E-state index contributed by atoms with van der Waals surface area (Å²) >= 11 is 4.28. The van der Waals surface area contributed by atoms with Crippen LogP contribution in [-0.2, 0) is 0 Å². The zero-order chi connectivity index (χ0) is 17.0. The van der Waals surface area contributed by atoms with Gasteiger partial charge in [-0.1, -0.05) is 0 Å². The minimum atomic E-state index is 0.424. The van der Waals surface area contributed by atoms with Crippen molar-refractivity contribution in [1.82, 2.24) is 0 Å². The van der Waals surface area contributed by atoms with Gasteiger partial charge >= 0.3 is 162 Å². The maximum atomic E-state index is 2.28. The van der Waals surface area contributed by atoms with Crippen molar-refractivity contribution in [2.24, 2.45) is 0 Å². The van der Waals surface area contributed by atoms with E-state index in [0.29, 0.717) is 15.0 Å². The third-order valence-corrected chi connectivity index (χ3v) is 8.94. The predicted molar refractivity (Wildman–Crippen MR) is 113 cm³/mol. The molecule has 0 aromatic heterocycles. The van der Waals surface area contributed by atoms with Crippen molar-refractivity contribution in [3.05, 3.63) is 69.4 Å². The number of rotatable bonds is 10. The fraction of sp³-hybridized carbons (Fsp3) is 0.333. The zero-order valence-corrected chi connectivity index (χ0v) is 17.9. The van der Waals surface area contributed by atoms with Crippen LogP contribution in [0.3, 0.4) is 0 Å². The molecule has 2 aromatic carbocycles. The Morgan fingerprint density at radius 2 is 1.54 bits per heavy atom. The van der Waals surface area contributed by atoms with E-state index in [1.165, 1.54) is 45.7 Å². The molecular weight excluding hydrogens is 395 g/mol. The number of thioether (sulfide) groups is 2. The fourth-order valence-electron chi connectivity index (χ4n) is 2.35. The molecule has 2 rings (SSSR count). The van der Waals surface area contributed by atoms with Crippen LogP contribution in [0, 0.1) is 0 Å². The number of hydrogen-bond donors (Lipinski definition) is 0. The van der Waals surface area contributed by atoms with Crippen molar-refractivity contribution in [1.29, 1.82) is 0 Å². The molecule has 0 unspecified atom stereocenters. The molecule has 0 amide bonds. The van der Waals surface area contributed by atoms with Crippen LogP contribution in [0.25, 0.3) is 0 Å². The Hall–Kier alpha value is -0.601.